The molecule has 0 bridgehead atoms. The molecule has 2 aromatic rings. The molecule has 0 radical (unpaired) electrons. The molecule has 22 heavy (non-hydrogen) atoms. The van der Waals surface area contributed by atoms with Gasteiger partial charge in [0, 0.05) is 6.54 Å². The van der Waals surface area contributed by atoms with Crippen molar-refractivity contribution in [2.45, 2.75) is 32.4 Å². The Labute approximate surface area is 131 Å². The number of nitrogens with one attached hydrogen (secondary N) is 1. The minimum absolute atomic E-state index is 0.141. The van der Waals surface area contributed by atoms with Crippen LogP contribution >= 0.6 is 0 Å². The van der Waals surface area contributed by atoms with Gasteiger partial charge in [-0.1, -0.05) is 50.2 Å². The summed E-state index contributed by atoms with van der Waals surface area (Å²) in [5, 5.41) is 5.27. The number of amides is 1. The third-order valence-electron chi connectivity index (χ3n) is 3.79. The number of carbonyl (C=O) groups is 1. The molecule has 2 rings (SSSR count). The highest BCUT2D eigenvalue weighted by molar-refractivity contribution is 5.84. The molecule has 1 amide bonds. The van der Waals surface area contributed by atoms with E-state index in [1.165, 1.54) is 5.39 Å². The highest BCUT2D eigenvalue weighted by Gasteiger charge is 2.19. The van der Waals surface area contributed by atoms with Gasteiger partial charge >= 0.3 is 0 Å². The molecule has 0 fully saturated rings. The van der Waals surface area contributed by atoms with Crippen LogP contribution in [0.2, 0.25) is 0 Å². The standard InChI is InChI=1S/C18H25N3O/c1-12(2)9-16(20)18(22)21-17(11-19)15-8-7-13-5-3-4-6-14(13)10-15/h3-8,10,12,16-17H,9,11,19-20H2,1-2H3,(H,21,22)/t16-,17?/m0/s1. The zero-order valence-corrected chi connectivity index (χ0v) is 13.3. The van der Waals surface area contributed by atoms with Crippen LogP contribution in [0.3, 0.4) is 0 Å². The summed E-state index contributed by atoms with van der Waals surface area (Å²) in [7, 11) is 0. The predicted molar refractivity (Wildman–Crippen MR) is 91.3 cm³/mol. The number of hydrogen-bond acceptors (Lipinski definition) is 3. The second-order valence-corrected chi connectivity index (χ2v) is 6.14. The van der Waals surface area contributed by atoms with Gasteiger partial charge in [-0.2, -0.15) is 0 Å². The van der Waals surface area contributed by atoms with Gasteiger partial charge in [0.2, 0.25) is 5.91 Å². The summed E-state index contributed by atoms with van der Waals surface area (Å²) >= 11 is 0. The minimum atomic E-state index is -0.491. The Bertz CT molecular complexity index is 639. The van der Waals surface area contributed by atoms with Crippen LogP contribution in [0.1, 0.15) is 31.9 Å². The minimum Gasteiger partial charge on any atom is -0.347 e. The van der Waals surface area contributed by atoms with Crippen molar-refractivity contribution in [2.24, 2.45) is 17.4 Å². The van der Waals surface area contributed by atoms with Crippen molar-refractivity contribution in [1.29, 1.82) is 0 Å². The van der Waals surface area contributed by atoms with Gasteiger partial charge in [0.1, 0.15) is 0 Å². The van der Waals surface area contributed by atoms with Gasteiger partial charge in [0.15, 0.2) is 0 Å². The topological polar surface area (TPSA) is 81.1 Å². The maximum atomic E-state index is 12.2. The van der Waals surface area contributed by atoms with Crippen LogP contribution in [0.15, 0.2) is 42.5 Å². The van der Waals surface area contributed by atoms with Crippen molar-refractivity contribution in [3.05, 3.63) is 48.0 Å². The molecule has 0 saturated heterocycles. The van der Waals surface area contributed by atoms with Gasteiger partial charge in [-0.15, -0.1) is 0 Å². The molecule has 118 valence electrons. The lowest BCUT2D eigenvalue weighted by Gasteiger charge is -2.21. The monoisotopic (exact) mass is 299 g/mol. The summed E-state index contributed by atoms with van der Waals surface area (Å²) in [6, 6.07) is 13.6. The first-order valence-electron chi connectivity index (χ1n) is 7.76. The Hall–Kier alpha value is -1.91. The van der Waals surface area contributed by atoms with E-state index in [0.717, 1.165) is 10.9 Å². The normalized spacial score (nSPS) is 14.0. The Kier molecular flexibility index (Phi) is 5.52. The van der Waals surface area contributed by atoms with E-state index >= 15 is 0 Å². The molecule has 0 aliphatic rings. The number of fused-ring (bicyclic) bond motifs is 1. The molecule has 4 heteroatoms. The molecular weight excluding hydrogens is 274 g/mol. The lowest BCUT2D eigenvalue weighted by molar-refractivity contribution is -0.123. The summed E-state index contributed by atoms with van der Waals surface area (Å²) in [5.41, 5.74) is 12.8. The van der Waals surface area contributed by atoms with Crippen molar-refractivity contribution in [3.63, 3.8) is 0 Å². The molecule has 4 nitrogen and oxygen atoms in total. The molecule has 2 atom stereocenters. The Morgan fingerprint density at radius 2 is 1.82 bits per heavy atom. The van der Waals surface area contributed by atoms with Gasteiger partial charge in [0.05, 0.1) is 12.1 Å². The average molecular weight is 299 g/mol. The van der Waals surface area contributed by atoms with Crippen molar-refractivity contribution < 1.29 is 4.79 Å². The Morgan fingerprint density at radius 3 is 2.45 bits per heavy atom. The molecule has 0 aromatic heterocycles. The van der Waals surface area contributed by atoms with Crippen LogP contribution in [0.5, 0.6) is 0 Å². The Morgan fingerprint density at radius 1 is 1.14 bits per heavy atom. The van der Waals surface area contributed by atoms with Crippen molar-refractivity contribution in [1.82, 2.24) is 5.32 Å². The number of rotatable bonds is 6. The average Bonchev–Trinajstić information content (AvgIpc) is 2.51. The molecular formula is C18H25N3O. The van der Waals surface area contributed by atoms with E-state index in [1.807, 2.05) is 24.3 Å². The van der Waals surface area contributed by atoms with E-state index in [9.17, 15) is 4.79 Å². The van der Waals surface area contributed by atoms with E-state index in [-0.39, 0.29) is 11.9 Å². The predicted octanol–water partition coefficient (Wildman–Crippen LogP) is 2.33. The molecule has 0 saturated carbocycles. The highest BCUT2D eigenvalue weighted by Crippen LogP contribution is 2.20. The lowest BCUT2D eigenvalue weighted by Crippen LogP contribution is -2.44. The largest absolute Gasteiger partial charge is 0.347 e. The van der Waals surface area contributed by atoms with Crippen LogP contribution in [0.4, 0.5) is 0 Å². The quantitative estimate of drug-likeness (QED) is 0.765. The summed E-state index contributed by atoms with van der Waals surface area (Å²) in [6.45, 7) is 4.45. The van der Waals surface area contributed by atoms with Gasteiger partial charge < -0.3 is 16.8 Å². The zero-order chi connectivity index (χ0) is 16.1. The van der Waals surface area contributed by atoms with Crippen molar-refractivity contribution in [2.75, 3.05) is 6.54 Å². The number of carbonyl (C=O) groups excluding carboxylic acids is 1. The van der Waals surface area contributed by atoms with Crippen molar-refractivity contribution >= 4 is 16.7 Å². The zero-order valence-electron chi connectivity index (χ0n) is 13.3. The van der Waals surface area contributed by atoms with Gasteiger partial charge in [-0.25, -0.2) is 0 Å². The van der Waals surface area contributed by atoms with E-state index in [0.29, 0.717) is 18.9 Å². The highest BCUT2D eigenvalue weighted by atomic mass is 16.2. The van der Waals surface area contributed by atoms with E-state index < -0.39 is 6.04 Å². The van der Waals surface area contributed by atoms with Crippen molar-refractivity contribution in [3.8, 4) is 0 Å². The first-order valence-corrected chi connectivity index (χ1v) is 7.76. The fraction of sp³-hybridized carbons (Fsp3) is 0.389. The van der Waals surface area contributed by atoms with Gasteiger partial charge in [-0.05, 0) is 34.7 Å². The summed E-state index contributed by atoms with van der Waals surface area (Å²) in [6.07, 6.45) is 0.668. The summed E-state index contributed by atoms with van der Waals surface area (Å²) in [5.74, 6) is 0.245. The fourth-order valence-corrected chi connectivity index (χ4v) is 2.60. The lowest BCUT2D eigenvalue weighted by atomic mass is 10.0. The third-order valence-corrected chi connectivity index (χ3v) is 3.79. The number of benzene rings is 2. The van der Waals surface area contributed by atoms with E-state index in [4.69, 9.17) is 11.5 Å². The van der Waals surface area contributed by atoms with E-state index in [2.05, 4.69) is 37.4 Å². The summed E-state index contributed by atoms with van der Waals surface area (Å²) in [4.78, 5) is 12.2. The number of nitrogens with two attached hydrogens (primary N) is 2. The van der Waals surface area contributed by atoms with Crippen LogP contribution in [-0.4, -0.2) is 18.5 Å². The molecule has 0 aliphatic heterocycles. The SMILES string of the molecule is CC(C)C[C@H](N)C(=O)NC(CN)c1ccc2ccccc2c1. The van der Waals surface area contributed by atoms with E-state index in [1.54, 1.807) is 0 Å². The van der Waals surface area contributed by atoms with Gasteiger partial charge in [-0.3, -0.25) is 4.79 Å². The van der Waals surface area contributed by atoms with Crippen LogP contribution in [0, 0.1) is 5.92 Å². The Balaban J connectivity index is 2.14. The molecule has 0 heterocycles. The first kappa shape index (κ1) is 16.5. The van der Waals surface area contributed by atoms with Gasteiger partial charge in [0.25, 0.3) is 0 Å². The summed E-state index contributed by atoms with van der Waals surface area (Å²) < 4.78 is 0. The molecule has 1 unspecified atom stereocenters. The second-order valence-electron chi connectivity index (χ2n) is 6.14. The van der Waals surface area contributed by atoms with Crippen LogP contribution in [0.25, 0.3) is 10.8 Å². The fourth-order valence-electron chi connectivity index (χ4n) is 2.60. The molecule has 0 aliphatic carbocycles. The maximum Gasteiger partial charge on any atom is 0.237 e. The molecule has 0 spiro atoms. The van der Waals surface area contributed by atoms with Crippen LogP contribution < -0.4 is 16.8 Å². The molecule has 2 aromatic carbocycles. The number of hydrogen-bond donors (Lipinski definition) is 3. The molecule has 5 N–H and O–H groups in total. The smallest absolute Gasteiger partial charge is 0.237 e. The first-order chi connectivity index (χ1) is 10.5. The second kappa shape index (κ2) is 7.38. The third kappa shape index (κ3) is 4.06. The van der Waals surface area contributed by atoms with Crippen LogP contribution in [-0.2, 0) is 4.79 Å². The maximum absolute atomic E-state index is 12.2.